The zero-order chi connectivity index (χ0) is 15.3. The second-order valence-corrected chi connectivity index (χ2v) is 6.48. The minimum absolute atomic E-state index is 0.0117. The van der Waals surface area contributed by atoms with Crippen LogP contribution in [0.3, 0.4) is 0 Å². The molecule has 6 heteroatoms. The number of hydrogen-bond donors (Lipinski definition) is 1. The molecule has 1 aliphatic rings. The third-order valence-electron chi connectivity index (χ3n) is 3.09. The maximum Gasteiger partial charge on any atom is 0.323 e. The molecule has 1 rings (SSSR count). The molecule has 0 aliphatic carbocycles. The fourth-order valence-corrected chi connectivity index (χ4v) is 2.26. The lowest BCUT2D eigenvalue weighted by molar-refractivity contribution is -0.148. The van der Waals surface area contributed by atoms with Crippen LogP contribution < -0.4 is 0 Å². The van der Waals surface area contributed by atoms with Crippen LogP contribution in [0.5, 0.6) is 0 Å². The van der Waals surface area contributed by atoms with Crippen molar-refractivity contribution < 1.29 is 19.5 Å². The van der Waals surface area contributed by atoms with Gasteiger partial charge < -0.3 is 14.9 Å². The molecule has 114 valence electrons. The highest BCUT2D eigenvalue weighted by atomic mass is 16.4. The number of likely N-dealkylation sites (tertiary alicyclic amines) is 1. The van der Waals surface area contributed by atoms with Crippen molar-refractivity contribution in [1.29, 1.82) is 0 Å². The van der Waals surface area contributed by atoms with Crippen molar-refractivity contribution in [3.05, 3.63) is 0 Å². The Hall–Kier alpha value is -1.59. The van der Waals surface area contributed by atoms with Crippen LogP contribution in [0.25, 0.3) is 0 Å². The molecule has 1 fully saturated rings. The molecule has 0 radical (unpaired) electrons. The topological polar surface area (TPSA) is 77.9 Å². The van der Waals surface area contributed by atoms with Crippen LogP contribution in [0.15, 0.2) is 0 Å². The van der Waals surface area contributed by atoms with E-state index in [0.717, 1.165) is 12.8 Å². The van der Waals surface area contributed by atoms with E-state index < -0.39 is 5.97 Å². The molecule has 6 nitrogen and oxygen atoms in total. The highest BCUT2D eigenvalue weighted by Gasteiger charge is 2.27. The van der Waals surface area contributed by atoms with Crippen molar-refractivity contribution in [2.75, 3.05) is 26.2 Å². The summed E-state index contributed by atoms with van der Waals surface area (Å²) in [5, 5.41) is 8.91. The summed E-state index contributed by atoms with van der Waals surface area (Å²) in [6, 6.07) is 0. The zero-order valence-corrected chi connectivity index (χ0v) is 12.5. The van der Waals surface area contributed by atoms with Crippen LogP contribution in [0.2, 0.25) is 0 Å². The first-order valence-corrected chi connectivity index (χ1v) is 6.96. The SMILES string of the molecule is CC(C)(C)CN(CC(=O)O)C(=O)CN1CCCCC1=O. The Balaban J connectivity index is 2.66. The van der Waals surface area contributed by atoms with E-state index in [1.54, 1.807) is 0 Å². The third-order valence-corrected chi connectivity index (χ3v) is 3.09. The van der Waals surface area contributed by atoms with Gasteiger partial charge in [-0.05, 0) is 18.3 Å². The van der Waals surface area contributed by atoms with Crippen LogP contribution in [0.4, 0.5) is 0 Å². The van der Waals surface area contributed by atoms with Gasteiger partial charge in [-0.3, -0.25) is 14.4 Å². The van der Waals surface area contributed by atoms with Gasteiger partial charge in [0.1, 0.15) is 6.54 Å². The number of rotatable bonds is 5. The largest absolute Gasteiger partial charge is 0.480 e. The molecule has 1 N–H and O–H groups in total. The molecule has 0 aromatic heterocycles. The summed E-state index contributed by atoms with van der Waals surface area (Å²) in [6.45, 7) is 6.45. The minimum Gasteiger partial charge on any atom is -0.480 e. The van der Waals surface area contributed by atoms with Gasteiger partial charge in [0.05, 0.1) is 6.54 Å². The summed E-state index contributed by atoms with van der Waals surface area (Å²) < 4.78 is 0. The van der Waals surface area contributed by atoms with Gasteiger partial charge in [-0.1, -0.05) is 20.8 Å². The predicted octanol–water partition coefficient (Wildman–Crippen LogP) is 0.958. The third kappa shape index (κ3) is 5.59. The van der Waals surface area contributed by atoms with Gasteiger partial charge in [-0.25, -0.2) is 0 Å². The molecule has 1 heterocycles. The fourth-order valence-electron chi connectivity index (χ4n) is 2.26. The molecule has 1 aliphatic heterocycles. The normalized spacial score (nSPS) is 16.1. The molecule has 0 atom stereocenters. The first-order chi connectivity index (χ1) is 9.19. The molecule has 0 spiro atoms. The predicted molar refractivity (Wildman–Crippen MR) is 74.1 cm³/mol. The number of hydrogen-bond acceptors (Lipinski definition) is 3. The van der Waals surface area contributed by atoms with Crippen molar-refractivity contribution >= 4 is 17.8 Å². The monoisotopic (exact) mass is 284 g/mol. The second-order valence-electron chi connectivity index (χ2n) is 6.48. The van der Waals surface area contributed by atoms with Crippen LogP contribution in [0.1, 0.15) is 40.0 Å². The molecule has 2 amide bonds. The number of nitrogens with zero attached hydrogens (tertiary/aromatic N) is 2. The number of carboxylic acid groups (broad SMARTS) is 1. The highest BCUT2D eigenvalue weighted by molar-refractivity contribution is 5.87. The van der Waals surface area contributed by atoms with Gasteiger partial charge in [-0.15, -0.1) is 0 Å². The van der Waals surface area contributed by atoms with E-state index in [1.807, 2.05) is 20.8 Å². The van der Waals surface area contributed by atoms with Gasteiger partial charge in [0.2, 0.25) is 11.8 Å². The van der Waals surface area contributed by atoms with Gasteiger partial charge >= 0.3 is 5.97 Å². The van der Waals surface area contributed by atoms with E-state index in [2.05, 4.69) is 0 Å². The number of aliphatic carboxylic acids is 1. The standard InChI is InChI=1S/C14H24N2O4/c1-14(2,3)10-16(9-13(19)20)12(18)8-15-7-5-4-6-11(15)17/h4-10H2,1-3H3,(H,19,20). The van der Waals surface area contributed by atoms with E-state index in [4.69, 9.17) is 5.11 Å². The van der Waals surface area contributed by atoms with Crippen molar-refractivity contribution in [3.8, 4) is 0 Å². The fraction of sp³-hybridized carbons (Fsp3) is 0.786. The average Bonchev–Trinajstić information content (AvgIpc) is 2.28. The maximum absolute atomic E-state index is 12.2. The van der Waals surface area contributed by atoms with Crippen LogP contribution >= 0.6 is 0 Å². The summed E-state index contributed by atoms with van der Waals surface area (Å²) in [5.74, 6) is -1.35. The molecule has 1 saturated heterocycles. The summed E-state index contributed by atoms with van der Waals surface area (Å²) >= 11 is 0. The van der Waals surface area contributed by atoms with E-state index in [0.29, 0.717) is 19.5 Å². The first kappa shape index (κ1) is 16.5. The number of carbonyl (C=O) groups is 3. The lowest BCUT2D eigenvalue weighted by Crippen LogP contribution is -2.48. The number of piperidine rings is 1. The number of amides is 2. The molecular formula is C14H24N2O4. The van der Waals surface area contributed by atoms with Crippen LogP contribution in [0, 0.1) is 5.41 Å². The van der Waals surface area contributed by atoms with Gasteiger partial charge in [0.25, 0.3) is 0 Å². The molecule has 0 saturated carbocycles. The van der Waals surface area contributed by atoms with Crippen LogP contribution in [-0.4, -0.2) is 58.9 Å². The van der Waals surface area contributed by atoms with Crippen molar-refractivity contribution in [3.63, 3.8) is 0 Å². The van der Waals surface area contributed by atoms with Crippen molar-refractivity contribution in [2.24, 2.45) is 5.41 Å². The Labute approximate surface area is 119 Å². The minimum atomic E-state index is -1.03. The lowest BCUT2D eigenvalue weighted by Gasteiger charge is -2.32. The molecular weight excluding hydrogens is 260 g/mol. The van der Waals surface area contributed by atoms with Gasteiger partial charge in [-0.2, -0.15) is 0 Å². The lowest BCUT2D eigenvalue weighted by atomic mass is 9.96. The Morgan fingerprint density at radius 2 is 1.95 bits per heavy atom. The Bertz CT molecular complexity index is 387. The van der Waals surface area contributed by atoms with Crippen LogP contribution in [-0.2, 0) is 14.4 Å². The molecule has 0 aromatic carbocycles. The van der Waals surface area contributed by atoms with Gasteiger partial charge in [0.15, 0.2) is 0 Å². The second kappa shape index (κ2) is 6.72. The van der Waals surface area contributed by atoms with Crippen molar-refractivity contribution in [2.45, 2.75) is 40.0 Å². The highest BCUT2D eigenvalue weighted by Crippen LogP contribution is 2.16. The number of carboxylic acids is 1. The zero-order valence-electron chi connectivity index (χ0n) is 12.5. The van der Waals surface area contributed by atoms with Gasteiger partial charge in [0, 0.05) is 19.5 Å². The van der Waals surface area contributed by atoms with E-state index in [1.165, 1.54) is 9.80 Å². The van der Waals surface area contributed by atoms with Crippen molar-refractivity contribution in [1.82, 2.24) is 9.80 Å². The van der Waals surface area contributed by atoms with E-state index in [9.17, 15) is 14.4 Å². The summed E-state index contributed by atoms with van der Waals surface area (Å²) in [5.41, 5.74) is -0.184. The smallest absolute Gasteiger partial charge is 0.323 e. The molecule has 0 unspecified atom stereocenters. The number of carbonyl (C=O) groups excluding carboxylic acids is 2. The quantitative estimate of drug-likeness (QED) is 0.815. The molecule has 0 bridgehead atoms. The summed E-state index contributed by atoms with van der Waals surface area (Å²) in [4.78, 5) is 37.7. The summed E-state index contributed by atoms with van der Waals surface area (Å²) in [7, 11) is 0. The molecule has 20 heavy (non-hydrogen) atoms. The Kier molecular flexibility index (Phi) is 5.53. The maximum atomic E-state index is 12.2. The van der Waals surface area contributed by atoms with E-state index in [-0.39, 0.29) is 30.3 Å². The van der Waals surface area contributed by atoms with E-state index >= 15 is 0 Å². The summed E-state index contributed by atoms with van der Waals surface area (Å²) in [6.07, 6.45) is 2.24. The molecule has 0 aromatic rings. The Morgan fingerprint density at radius 3 is 2.45 bits per heavy atom. The Morgan fingerprint density at radius 1 is 1.30 bits per heavy atom. The average molecular weight is 284 g/mol. The first-order valence-electron chi connectivity index (χ1n) is 6.96.